The lowest BCUT2D eigenvalue weighted by atomic mass is 9.96. The zero-order valence-electron chi connectivity index (χ0n) is 22.5. The molecule has 2 aromatic carbocycles. The van der Waals surface area contributed by atoms with Gasteiger partial charge in [0.15, 0.2) is 5.11 Å². The van der Waals surface area contributed by atoms with E-state index >= 15 is 0 Å². The number of nitrogens with one attached hydrogen (secondary N) is 2. The van der Waals surface area contributed by atoms with E-state index in [-0.39, 0.29) is 30.1 Å². The molecule has 2 atom stereocenters. The van der Waals surface area contributed by atoms with Crippen molar-refractivity contribution < 1.29 is 9.18 Å². The molecule has 1 amide bonds. The highest BCUT2D eigenvalue weighted by Gasteiger charge is 2.41. The second kappa shape index (κ2) is 11.0. The Kier molecular flexibility index (Phi) is 7.48. The van der Waals surface area contributed by atoms with Crippen LogP contribution in [-0.2, 0) is 4.79 Å². The summed E-state index contributed by atoms with van der Waals surface area (Å²) in [5, 5.41) is 6.71. The minimum absolute atomic E-state index is 0.150. The first-order valence-electron chi connectivity index (χ1n) is 13.0. The Morgan fingerprint density at radius 2 is 1.74 bits per heavy atom. The molecular weight excluding hydrogens is 509 g/mol. The van der Waals surface area contributed by atoms with Gasteiger partial charge in [0.1, 0.15) is 5.82 Å². The topological polar surface area (TPSA) is 62.2 Å². The third-order valence-corrected chi connectivity index (χ3v) is 7.73. The molecule has 6 nitrogen and oxygen atoms in total. The second-order valence-electron chi connectivity index (χ2n) is 10.0. The van der Waals surface area contributed by atoms with Crippen molar-refractivity contribution in [2.24, 2.45) is 0 Å². The maximum atomic E-state index is 14.1. The number of hydrogen-bond acceptors (Lipinski definition) is 3. The normalized spacial score (nSPS) is 16.8. The van der Waals surface area contributed by atoms with Gasteiger partial charge in [-0.25, -0.2) is 4.39 Å². The summed E-state index contributed by atoms with van der Waals surface area (Å²) in [7, 11) is 0. The summed E-state index contributed by atoms with van der Waals surface area (Å²) in [6, 6.07) is 20.2. The van der Waals surface area contributed by atoms with Gasteiger partial charge in [-0.1, -0.05) is 36.4 Å². The number of aromatic nitrogens is 2. The number of pyridine rings is 1. The van der Waals surface area contributed by atoms with Gasteiger partial charge in [-0.15, -0.1) is 0 Å². The Hall–Kier alpha value is -4.04. The van der Waals surface area contributed by atoms with Crippen LogP contribution in [0.4, 0.5) is 10.1 Å². The van der Waals surface area contributed by atoms with Crippen molar-refractivity contribution in [3.63, 3.8) is 0 Å². The van der Waals surface area contributed by atoms with Crippen LogP contribution in [0.25, 0.3) is 5.69 Å². The number of nitrogens with zero attached hydrogens (tertiary/aromatic N) is 3. The van der Waals surface area contributed by atoms with Gasteiger partial charge < -0.3 is 20.1 Å². The molecule has 0 radical (unpaired) electrons. The Labute approximate surface area is 233 Å². The minimum Gasteiger partial charge on any atom is -0.352 e. The largest absolute Gasteiger partial charge is 0.352 e. The molecule has 1 saturated heterocycles. The number of aryl methyl sites for hydroxylation is 3. The fraction of sp³-hybridized carbons (Fsp3) is 0.258. The Morgan fingerprint density at radius 3 is 2.44 bits per heavy atom. The molecule has 0 bridgehead atoms. The Bertz CT molecular complexity index is 1510. The van der Waals surface area contributed by atoms with Crippen molar-refractivity contribution in [2.45, 2.75) is 46.2 Å². The van der Waals surface area contributed by atoms with Crippen LogP contribution in [0.1, 0.15) is 52.3 Å². The number of thiocarbonyl (C=S) groups is 1. The zero-order chi connectivity index (χ0) is 27.7. The number of para-hydroxylation sites is 2. The van der Waals surface area contributed by atoms with E-state index in [2.05, 4.69) is 77.0 Å². The SMILES string of the molecule is Cc1cccc(C)c1-n1c(C)cc([C@@H]2[C@@H](c3ccccn3)NC(=S)N2CCC(=O)Nc2ccccc2F)c1C. The summed E-state index contributed by atoms with van der Waals surface area (Å²) in [4.78, 5) is 19.5. The van der Waals surface area contributed by atoms with Crippen molar-refractivity contribution in [2.75, 3.05) is 11.9 Å². The molecule has 1 aliphatic heterocycles. The first-order chi connectivity index (χ1) is 18.8. The highest BCUT2D eigenvalue weighted by atomic mass is 32.1. The number of anilines is 1. The number of rotatable bonds is 7. The number of amides is 1. The van der Waals surface area contributed by atoms with E-state index in [1.807, 2.05) is 18.2 Å². The van der Waals surface area contributed by atoms with E-state index in [0.29, 0.717) is 11.7 Å². The van der Waals surface area contributed by atoms with Gasteiger partial charge in [-0.2, -0.15) is 0 Å². The van der Waals surface area contributed by atoms with Crippen molar-refractivity contribution in [1.82, 2.24) is 19.8 Å². The van der Waals surface area contributed by atoms with Gasteiger partial charge in [0.05, 0.1) is 29.2 Å². The molecule has 0 unspecified atom stereocenters. The number of carbonyl (C=O) groups excluding carboxylic acids is 1. The third kappa shape index (κ3) is 5.16. The third-order valence-electron chi connectivity index (χ3n) is 7.38. The lowest BCUT2D eigenvalue weighted by Crippen LogP contribution is -2.33. The summed E-state index contributed by atoms with van der Waals surface area (Å²) < 4.78 is 16.4. The van der Waals surface area contributed by atoms with Crippen LogP contribution in [0.5, 0.6) is 0 Å². The van der Waals surface area contributed by atoms with Crippen LogP contribution in [0.3, 0.4) is 0 Å². The van der Waals surface area contributed by atoms with Gasteiger partial charge >= 0.3 is 0 Å². The monoisotopic (exact) mass is 541 g/mol. The molecule has 2 aromatic heterocycles. The standard InChI is InChI=1S/C31H32FN5OS/c1-19-10-9-11-20(2)29(19)37-21(3)18-23(22(37)4)30-28(26-14-7-8-16-33-26)35-31(39)36(30)17-15-27(38)34-25-13-6-5-12-24(25)32/h5-14,16,18,28,30H,15,17H2,1-4H3,(H,34,38)(H,35,39)/t28-,30-/m1/s1. The summed E-state index contributed by atoms with van der Waals surface area (Å²) in [5.74, 6) is -0.736. The van der Waals surface area contributed by atoms with E-state index in [9.17, 15) is 9.18 Å². The summed E-state index contributed by atoms with van der Waals surface area (Å²) in [6.07, 6.45) is 1.93. The quantitative estimate of drug-likeness (QED) is 0.271. The van der Waals surface area contributed by atoms with Crippen molar-refractivity contribution >= 4 is 28.9 Å². The van der Waals surface area contributed by atoms with E-state index < -0.39 is 5.82 Å². The van der Waals surface area contributed by atoms with E-state index in [1.54, 1.807) is 24.4 Å². The second-order valence-corrected chi connectivity index (χ2v) is 10.4. The van der Waals surface area contributed by atoms with Crippen LogP contribution in [0, 0.1) is 33.5 Å². The van der Waals surface area contributed by atoms with Gasteiger partial charge in [0.2, 0.25) is 5.91 Å². The predicted molar refractivity (Wildman–Crippen MR) is 157 cm³/mol. The molecule has 0 spiro atoms. The number of halogens is 1. The summed E-state index contributed by atoms with van der Waals surface area (Å²) >= 11 is 5.80. The fourth-order valence-electron chi connectivity index (χ4n) is 5.57. The highest BCUT2D eigenvalue weighted by Crippen LogP contribution is 2.42. The number of hydrogen-bond donors (Lipinski definition) is 2. The highest BCUT2D eigenvalue weighted by molar-refractivity contribution is 7.80. The van der Waals surface area contributed by atoms with Crippen LogP contribution in [0.2, 0.25) is 0 Å². The van der Waals surface area contributed by atoms with Gasteiger partial charge in [0.25, 0.3) is 0 Å². The van der Waals surface area contributed by atoms with Gasteiger partial charge in [-0.3, -0.25) is 9.78 Å². The molecule has 39 heavy (non-hydrogen) atoms. The average molecular weight is 542 g/mol. The lowest BCUT2D eigenvalue weighted by molar-refractivity contribution is -0.116. The maximum absolute atomic E-state index is 14.1. The van der Waals surface area contributed by atoms with Crippen molar-refractivity contribution in [1.29, 1.82) is 0 Å². The molecule has 1 fully saturated rings. The molecule has 200 valence electrons. The maximum Gasteiger partial charge on any atom is 0.226 e. The van der Waals surface area contributed by atoms with Crippen molar-refractivity contribution in [3.05, 3.63) is 113 Å². The van der Waals surface area contributed by atoms with Crippen LogP contribution >= 0.6 is 12.2 Å². The molecule has 4 aromatic rings. The zero-order valence-corrected chi connectivity index (χ0v) is 23.3. The van der Waals surface area contributed by atoms with E-state index in [4.69, 9.17) is 12.2 Å². The summed E-state index contributed by atoms with van der Waals surface area (Å²) in [6.45, 7) is 8.88. The Morgan fingerprint density at radius 1 is 1.03 bits per heavy atom. The molecule has 5 rings (SSSR count). The van der Waals surface area contributed by atoms with E-state index in [0.717, 1.165) is 22.6 Å². The van der Waals surface area contributed by atoms with Crippen molar-refractivity contribution in [3.8, 4) is 5.69 Å². The average Bonchev–Trinajstić information content (AvgIpc) is 3.39. The molecule has 1 aliphatic rings. The van der Waals surface area contributed by atoms with E-state index in [1.165, 1.54) is 22.9 Å². The molecular formula is C31H32FN5OS. The molecule has 2 N–H and O–H groups in total. The van der Waals surface area contributed by atoms with Crippen LogP contribution in [-0.4, -0.2) is 32.0 Å². The first-order valence-corrected chi connectivity index (χ1v) is 13.4. The fourth-order valence-corrected chi connectivity index (χ4v) is 5.90. The van der Waals surface area contributed by atoms with Crippen LogP contribution < -0.4 is 10.6 Å². The minimum atomic E-state index is -0.462. The number of carbonyl (C=O) groups is 1. The smallest absolute Gasteiger partial charge is 0.226 e. The predicted octanol–water partition coefficient (Wildman–Crippen LogP) is 6.25. The molecule has 0 saturated carbocycles. The summed E-state index contributed by atoms with van der Waals surface area (Å²) in [5.41, 5.74) is 7.98. The van der Waals surface area contributed by atoms with Gasteiger partial charge in [0, 0.05) is 30.6 Å². The first kappa shape index (κ1) is 26.6. The number of benzene rings is 2. The molecule has 8 heteroatoms. The van der Waals surface area contributed by atoms with Crippen LogP contribution in [0.15, 0.2) is 72.9 Å². The lowest BCUT2D eigenvalue weighted by Gasteiger charge is -2.28. The van der Waals surface area contributed by atoms with Gasteiger partial charge in [-0.05, 0) is 86.9 Å². The molecule has 3 heterocycles. The Balaban J connectivity index is 1.50. The molecule has 0 aliphatic carbocycles.